The highest BCUT2D eigenvalue weighted by Gasteiger charge is 2.15. The summed E-state index contributed by atoms with van der Waals surface area (Å²) in [5.74, 6) is 0.898. The summed E-state index contributed by atoms with van der Waals surface area (Å²) in [7, 11) is 0. The van der Waals surface area contributed by atoms with Crippen molar-refractivity contribution in [1.29, 1.82) is 0 Å². The first-order chi connectivity index (χ1) is 12.7. The van der Waals surface area contributed by atoms with Crippen LogP contribution in [0.4, 0.5) is 5.69 Å². The molecule has 1 amide bonds. The Labute approximate surface area is 158 Å². The Bertz CT molecular complexity index is 615. The molecule has 0 saturated carbocycles. The van der Waals surface area contributed by atoms with Crippen LogP contribution in [-0.4, -0.2) is 37.5 Å². The molecule has 0 aliphatic carbocycles. The van der Waals surface area contributed by atoms with E-state index < -0.39 is 0 Å². The zero-order valence-corrected chi connectivity index (χ0v) is 16.2. The van der Waals surface area contributed by atoms with E-state index in [2.05, 4.69) is 42.2 Å². The molecule has 2 aromatic carbocycles. The molecule has 140 valence electrons. The summed E-state index contributed by atoms with van der Waals surface area (Å²) < 4.78 is 0. The number of amides is 1. The van der Waals surface area contributed by atoms with E-state index in [-0.39, 0.29) is 0 Å². The average Bonchev–Trinajstić information content (AvgIpc) is 2.70. The standard InChI is InChI=1S/C14H21N.C9H11NO/c1-13-6-5-10-15(12-13)11-9-14-7-3-2-4-8-14;1-2-10(8-11)9-6-4-3-5-7-9/h2-4,7-8,13H,5-6,9-12H2,1H3;3-8H,2H2,1H3. The number of hydrogen-bond acceptors (Lipinski definition) is 2. The number of piperidine rings is 1. The summed E-state index contributed by atoms with van der Waals surface area (Å²) in [6, 6.07) is 20.4. The fourth-order valence-electron chi connectivity index (χ4n) is 3.36. The first-order valence-electron chi connectivity index (χ1n) is 9.76. The van der Waals surface area contributed by atoms with Crippen molar-refractivity contribution in [2.75, 3.05) is 31.1 Å². The zero-order valence-electron chi connectivity index (χ0n) is 16.2. The highest BCUT2D eigenvalue weighted by Crippen LogP contribution is 2.15. The SMILES string of the molecule is CC1CCCN(CCc2ccccc2)C1.CCN(C=O)c1ccccc1. The van der Waals surface area contributed by atoms with Crippen LogP contribution in [0.15, 0.2) is 60.7 Å². The molecule has 3 heteroatoms. The number of para-hydroxylation sites is 1. The summed E-state index contributed by atoms with van der Waals surface area (Å²) in [6.07, 6.45) is 4.85. The predicted molar refractivity (Wildman–Crippen MR) is 111 cm³/mol. The topological polar surface area (TPSA) is 23.6 Å². The normalized spacial score (nSPS) is 17.1. The second-order valence-electron chi connectivity index (χ2n) is 7.01. The van der Waals surface area contributed by atoms with Gasteiger partial charge in [-0.2, -0.15) is 0 Å². The van der Waals surface area contributed by atoms with Gasteiger partial charge < -0.3 is 9.80 Å². The number of hydrogen-bond donors (Lipinski definition) is 0. The lowest BCUT2D eigenvalue weighted by atomic mass is 10.00. The van der Waals surface area contributed by atoms with Crippen LogP contribution in [-0.2, 0) is 11.2 Å². The molecule has 3 nitrogen and oxygen atoms in total. The molecule has 3 rings (SSSR count). The highest BCUT2D eigenvalue weighted by molar-refractivity contribution is 5.74. The van der Waals surface area contributed by atoms with Gasteiger partial charge >= 0.3 is 0 Å². The van der Waals surface area contributed by atoms with Gasteiger partial charge in [0.05, 0.1) is 0 Å². The van der Waals surface area contributed by atoms with Crippen molar-refractivity contribution < 1.29 is 4.79 Å². The van der Waals surface area contributed by atoms with Crippen molar-refractivity contribution in [2.45, 2.75) is 33.1 Å². The maximum Gasteiger partial charge on any atom is 0.214 e. The van der Waals surface area contributed by atoms with Crippen LogP contribution in [0.25, 0.3) is 0 Å². The summed E-state index contributed by atoms with van der Waals surface area (Å²) in [6.45, 7) is 8.86. The third kappa shape index (κ3) is 7.01. The van der Waals surface area contributed by atoms with Crippen LogP contribution in [0.2, 0.25) is 0 Å². The fourth-order valence-corrected chi connectivity index (χ4v) is 3.36. The Balaban J connectivity index is 0.000000197. The Kier molecular flexibility index (Phi) is 8.91. The largest absolute Gasteiger partial charge is 0.315 e. The minimum Gasteiger partial charge on any atom is -0.315 e. The molecule has 2 aromatic rings. The lowest BCUT2D eigenvalue weighted by Gasteiger charge is -2.30. The molecule has 0 radical (unpaired) electrons. The van der Waals surface area contributed by atoms with E-state index in [9.17, 15) is 4.79 Å². The number of benzene rings is 2. The van der Waals surface area contributed by atoms with Crippen LogP contribution in [0.3, 0.4) is 0 Å². The van der Waals surface area contributed by atoms with Crippen LogP contribution in [0, 0.1) is 5.92 Å². The molecule has 0 aromatic heterocycles. The van der Waals surface area contributed by atoms with Gasteiger partial charge in [-0.15, -0.1) is 0 Å². The number of rotatable bonds is 6. The molecule has 1 saturated heterocycles. The van der Waals surface area contributed by atoms with E-state index in [0.29, 0.717) is 6.54 Å². The summed E-state index contributed by atoms with van der Waals surface area (Å²) in [4.78, 5) is 14.7. The molecular formula is C23H32N2O. The van der Waals surface area contributed by atoms with Crippen molar-refractivity contribution in [3.05, 3.63) is 66.2 Å². The Morgan fingerprint density at radius 1 is 1.08 bits per heavy atom. The van der Waals surface area contributed by atoms with Gasteiger partial charge in [0.2, 0.25) is 6.41 Å². The van der Waals surface area contributed by atoms with Gasteiger partial charge in [0, 0.05) is 25.3 Å². The third-order valence-corrected chi connectivity index (χ3v) is 4.86. The maximum absolute atomic E-state index is 10.5. The third-order valence-electron chi connectivity index (χ3n) is 4.86. The molecule has 1 aliphatic heterocycles. The Morgan fingerprint density at radius 2 is 1.73 bits per heavy atom. The van der Waals surface area contributed by atoms with Crippen LogP contribution in [0.5, 0.6) is 0 Å². The monoisotopic (exact) mass is 352 g/mol. The van der Waals surface area contributed by atoms with Crippen molar-refractivity contribution in [1.82, 2.24) is 4.90 Å². The van der Waals surface area contributed by atoms with Crippen molar-refractivity contribution in [3.63, 3.8) is 0 Å². The van der Waals surface area contributed by atoms with Crippen molar-refractivity contribution in [2.24, 2.45) is 5.92 Å². The number of nitrogens with zero attached hydrogens (tertiary/aromatic N) is 2. The summed E-state index contributed by atoms with van der Waals surface area (Å²) >= 11 is 0. The minimum absolute atomic E-state index is 0.716. The van der Waals surface area contributed by atoms with E-state index in [1.807, 2.05) is 37.3 Å². The highest BCUT2D eigenvalue weighted by atomic mass is 16.1. The van der Waals surface area contributed by atoms with Gasteiger partial charge in [0.15, 0.2) is 0 Å². The Morgan fingerprint density at radius 3 is 2.31 bits per heavy atom. The number of carbonyl (C=O) groups is 1. The smallest absolute Gasteiger partial charge is 0.214 e. The van der Waals surface area contributed by atoms with E-state index >= 15 is 0 Å². The maximum atomic E-state index is 10.5. The van der Waals surface area contributed by atoms with Crippen LogP contribution >= 0.6 is 0 Å². The molecule has 26 heavy (non-hydrogen) atoms. The second-order valence-corrected chi connectivity index (χ2v) is 7.01. The molecule has 1 atom stereocenters. The lowest BCUT2D eigenvalue weighted by molar-refractivity contribution is -0.107. The van der Waals surface area contributed by atoms with E-state index in [1.54, 1.807) is 4.90 Å². The second kappa shape index (κ2) is 11.5. The molecular weight excluding hydrogens is 320 g/mol. The molecule has 1 fully saturated rings. The van der Waals surface area contributed by atoms with Crippen LogP contribution in [0.1, 0.15) is 32.3 Å². The van der Waals surface area contributed by atoms with E-state index in [0.717, 1.165) is 18.0 Å². The van der Waals surface area contributed by atoms with E-state index in [1.165, 1.54) is 44.5 Å². The van der Waals surface area contributed by atoms with Crippen molar-refractivity contribution in [3.8, 4) is 0 Å². The predicted octanol–water partition coefficient (Wildman–Crippen LogP) is 4.63. The van der Waals surface area contributed by atoms with Gasteiger partial charge in [-0.25, -0.2) is 0 Å². The number of carbonyl (C=O) groups excluding carboxylic acids is 1. The molecule has 0 N–H and O–H groups in total. The quantitative estimate of drug-likeness (QED) is 0.708. The van der Waals surface area contributed by atoms with Gasteiger partial charge in [0.25, 0.3) is 0 Å². The van der Waals surface area contributed by atoms with Gasteiger partial charge in [-0.05, 0) is 56.3 Å². The molecule has 1 aliphatic rings. The first kappa shape index (κ1) is 20.2. The summed E-state index contributed by atoms with van der Waals surface area (Å²) in [5, 5.41) is 0. The van der Waals surface area contributed by atoms with E-state index in [4.69, 9.17) is 0 Å². The average molecular weight is 353 g/mol. The van der Waals surface area contributed by atoms with Crippen molar-refractivity contribution >= 4 is 12.1 Å². The molecule has 1 heterocycles. The minimum atomic E-state index is 0.716. The zero-order chi connectivity index (χ0) is 18.6. The Hall–Kier alpha value is -2.13. The van der Waals surface area contributed by atoms with Gasteiger partial charge in [-0.3, -0.25) is 4.79 Å². The number of anilines is 1. The van der Waals surface area contributed by atoms with Crippen LogP contribution < -0.4 is 4.90 Å². The first-order valence-corrected chi connectivity index (χ1v) is 9.76. The summed E-state index contributed by atoms with van der Waals surface area (Å²) in [5.41, 5.74) is 2.42. The molecule has 0 spiro atoms. The molecule has 0 bridgehead atoms. The lowest BCUT2D eigenvalue weighted by Crippen LogP contribution is -2.35. The van der Waals surface area contributed by atoms with Gasteiger partial charge in [0.1, 0.15) is 0 Å². The van der Waals surface area contributed by atoms with Gasteiger partial charge in [-0.1, -0.05) is 55.5 Å². The molecule has 1 unspecified atom stereocenters. The fraction of sp³-hybridized carbons (Fsp3) is 0.435. The number of likely N-dealkylation sites (tertiary alicyclic amines) is 1.